The summed E-state index contributed by atoms with van der Waals surface area (Å²) in [5.41, 5.74) is 0. The van der Waals surface area contributed by atoms with Gasteiger partial charge in [-0.3, -0.25) is 4.79 Å². The summed E-state index contributed by atoms with van der Waals surface area (Å²) in [6.07, 6.45) is 1.01. The summed E-state index contributed by atoms with van der Waals surface area (Å²) >= 11 is 0. The highest BCUT2D eigenvalue weighted by molar-refractivity contribution is 5.86. The standard InChI is InChI=1S/C7H13NO2.3ClH/c1-5(7(9)10)6-2-3-8-4-6;;;/h5-6,8H,2-4H2,1H3,(H,9,10);3*1H/t5?,6-;;;/m0.../s1. The SMILES string of the molecule is CC(C(=O)O)[C@H]1CCNC1.Cl.Cl.Cl. The Morgan fingerprint density at radius 3 is 2.31 bits per heavy atom. The van der Waals surface area contributed by atoms with Gasteiger partial charge in [-0.05, 0) is 25.4 Å². The zero-order valence-electron chi connectivity index (χ0n) is 7.36. The topological polar surface area (TPSA) is 49.3 Å². The van der Waals surface area contributed by atoms with Crippen molar-refractivity contribution in [1.82, 2.24) is 5.32 Å². The van der Waals surface area contributed by atoms with Crippen molar-refractivity contribution in [3.63, 3.8) is 0 Å². The summed E-state index contributed by atoms with van der Waals surface area (Å²) in [6.45, 7) is 3.62. The first-order chi connectivity index (χ1) is 4.72. The van der Waals surface area contributed by atoms with E-state index in [1.807, 2.05) is 0 Å². The number of hydrogen-bond acceptors (Lipinski definition) is 2. The number of carboxylic acid groups (broad SMARTS) is 1. The quantitative estimate of drug-likeness (QED) is 0.785. The normalized spacial score (nSPS) is 21.8. The van der Waals surface area contributed by atoms with Crippen LogP contribution >= 0.6 is 37.2 Å². The molecule has 1 unspecified atom stereocenters. The fourth-order valence-electron chi connectivity index (χ4n) is 1.31. The molecule has 0 saturated carbocycles. The van der Waals surface area contributed by atoms with Crippen molar-refractivity contribution in [1.29, 1.82) is 0 Å². The van der Waals surface area contributed by atoms with Crippen LogP contribution in [0, 0.1) is 11.8 Å². The minimum absolute atomic E-state index is 0. The minimum Gasteiger partial charge on any atom is -0.481 e. The van der Waals surface area contributed by atoms with E-state index >= 15 is 0 Å². The molecule has 1 fully saturated rings. The molecule has 13 heavy (non-hydrogen) atoms. The molecule has 1 aliphatic rings. The first-order valence-corrected chi connectivity index (χ1v) is 3.65. The molecule has 0 aromatic rings. The lowest BCUT2D eigenvalue weighted by Crippen LogP contribution is -2.22. The molecular weight excluding hydrogens is 236 g/mol. The van der Waals surface area contributed by atoms with Gasteiger partial charge in [0.2, 0.25) is 0 Å². The molecule has 0 radical (unpaired) electrons. The van der Waals surface area contributed by atoms with E-state index < -0.39 is 5.97 Å². The Morgan fingerprint density at radius 2 is 2.00 bits per heavy atom. The molecule has 0 aliphatic carbocycles. The number of aliphatic carboxylic acids is 1. The van der Waals surface area contributed by atoms with E-state index in [1.54, 1.807) is 6.92 Å². The second-order valence-corrected chi connectivity index (χ2v) is 2.88. The van der Waals surface area contributed by atoms with Gasteiger partial charge in [0.1, 0.15) is 0 Å². The van der Waals surface area contributed by atoms with Crippen LogP contribution in [0.4, 0.5) is 0 Å². The summed E-state index contributed by atoms with van der Waals surface area (Å²) in [7, 11) is 0. The fraction of sp³-hybridized carbons (Fsp3) is 0.857. The highest BCUT2D eigenvalue weighted by atomic mass is 35.5. The molecule has 1 aliphatic heterocycles. The maximum atomic E-state index is 10.5. The van der Waals surface area contributed by atoms with Crippen molar-refractivity contribution in [3.8, 4) is 0 Å². The van der Waals surface area contributed by atoms with E-state index in [2.05, 4.69) is 5.32 Å². The summed E-state index contributed by atoms with van der Waals surface area (Å²) in [5, 5.41) is 11.8. The van der Waals surface area contributed by atoms with Gasteiger partial charge in [0, 0.05) is 0 Å². The second kappa shape index (κ2) is 8.88. The van der Waals surface area contributed by atoms with E-state index in [9.17, 15) is 4.79 Å². The van der Waals surface area contributed by atoms with Crippen LogP contribution in [0.3, 0.4) is 0 Å². The van der Waals surface area contributed by atoms with Gasteiger partial charge in [-0.2, -0.15) is 0 Å². The average Bonchev–Trinajstić information content (AvgIpc) is 2.36. The third kappa shape index (κ3) is 5.57. The number of carboxylic acids is 1. The van der Waals surface area contributed by atoms with Crippen LogP contribution in [0.25, 0.3) is 0 Å². The molecule has 1 rings (SSSR count). The Hall–Kier alpha value is 0.300. The van der Waals surface area contributed by atoms with Gasteiger partial charge in [0.15, 0.2) is 0 Å². The van der Waals surface area contributed by atoms with Crippen molar-refractivity contribution in [3.05, 3.63) is 0 Å². The Kier molecular flexibility index (Phi) is 13.0. The van der Waals surface area contributed by atoms with Gasteiger partial charge in [0.25, 0.3) is 0 Å². The molecule has 0 amide bonds. The Bertz CT molecular complexity index is 140. The summed E-state index contributed by atoms with van der Waals surface area (Å²) in [5.74, 6) is -0.513. The minimum atomic E-state index is -0.672. The smallest absolute Gasteiger partial charge is 0.306 e. The van der Waals surface area contributed by atoms with Crippen LogP contribution in [-0.2, 0) is 4.79 Å². The number of nitrogens with one attached hydrogen (secondary N) is 1. The molecule has 0 bridgehead atoms. The maximum Gasteiger partial charge on any atom is 0.306 e. The zero-order chi connectivity index (χ0) is 7.56. The molecule has 1 saturated heterocycles. The van der Waals surface area contributed by atoms with Crippen LogP contribution in [0.2, 0.25) is 0 Å². The maximum absolute atomic E-state index is 10.5. The zero-order valence-corrected chi connectivity index (χ0v) is 9.81. The Balaban J connectivity index is -0.000000333. The van der Waals surface area contributed by atoms with Crippen molar-refractivity contribution >= 4 is 43.2 Å². The highest BCUT2D eigenvalue weighted by Crippen LogP contribution is 2.18. The number of rotatable bonds is 2. The summed E-state index contributed by atoms with van der Waals surface area (Å²) < 4.78 is 0. The molecule has 1 heterocycles. The van der Waals surface area contributed by atoms with Crippen LogP contribution in [-0.4, -0.2) is 24.2 Å². The first kappa shape index (κ1) is 19.0. The van der Waals surface area contributed by atoms with E-state index in [0.717, 1.165) is 19.5 Å². The Labute approximate surface area is 96.9 Å². The van der Waals surface area contributed by atoms with Gasteiger partial charge >= 0.3 is 5.97 Å². The van der Waals surface area contributed by atoms with E-state index in [1.165, 1.54) is 0 Å². The molecule has 6 heteroatoms. The van der Waals surface area contributed by atoms with E-state index in [0.29, 0.717) is 5.92 Å². The largest absolute Gasteiger partial charge is 0.481 e. The number of hydrogen-bond donors (Lipinski definition) is 2. The van der Waals surface area contributed by atoms with E-state index in [4.69, 9.17) is 5.11 Å². The van der Waals surface area contributed by atoms with Crippen molar-refractivity contribution in [2.45, 2.75) is 13.3 Å². The molecule has 2 N–H and O–H groups in total. The van der Waals surface area contributed by atoms with Crippen molar-refractivity contribution < 1.29 is 9.90 Å². The van der Waals surface area contributed by atoms with Gasteiger partial charge in [-0.25, -0.2) is 0 Å². The predicted octanol–water partition coefficient (Wildman–Crippen LogP) is 1.58. The van der Waals surface area contributed by atoms with Gasteiger partial charge < -0.3 is 10.4 Å². The van der Waals surface area contributed by atoms with Crippen molar-refractivity contribution in [2.75, 3.05) is 13.1 Å². The molecule has 3 nitrogen and oxygen atoms in total. The highest BCUT2D eigenvalue weighted by Gasteiger charge is 2.25. The van der Waals surface area contributed by atoms with Gasteiger partial charge in [-0.1, -0.05) is 6.92 Å². The molecule has 2 atom stereocenters. The van der Waals surface area contributed by atoms with Crippen LogP contribution in [0.15, 0.2) is 0 Å². The van der Waals surface area contributed by atoms with E-state index in [-0.39, 0.29) is 43.1 Å². The van der Waals surface area contributed by atoms with Crippen LogP contribution in [0.1, 0.15) is 13.3 Å². The number of halogens is 3. The van der Waals surface area contributed by atoms with Crippen molar-refractivity contribution in [2.24, 2.45) is 11.8 Å². The monoisotopic (exact) mass is 251 g/mol. The van der Waals surface area contributed by atoms with Gasteiger partial charge in [-0.15, -0.1) is 37.2 Å². The molecule has 0 aromatic carbocycles. The lowest BCUT2D eigenvalue weighted by atomic mass is 9.94. The molecule has 82 valence electrons. The fourth-order valence-corrected chi connectivity index (χ4v) is 1.31. The lowest BCUT2D eigenvalue weighted by molar-refractivity contribution is -0.142. The second-order valence-electron chi connectivity index (χ2n) is 2.88. The number of carbonyl (C=O) groups is 1. The summed E-state index contributed by atoms with van der Waals surface area (Å²) in [6, 6.07) is 0. The lowest BCUT2D eigenvalue weighted by Gasteiger charge is -2.11. The molecule has 0 spiro atoms. The van der Waals surface area contributed by atoms with Crippen LogP contribution < -0.4 is 5.32 Å². The van der Waals surface area contributed by atoms with Gasteiger partial charge in [0.05, 0.1) is 5.92 Å². The molecule has 0 aromatic heterocycles. The third-order valence-electron chi connectivity index (χ3n) is 2.20. The Morgan fingerprint density at radius 1 is 1.46 bits per heavy atom. The first-order valence-electron chi connectivity index (χ1n) is 3.65. The van der Waals surface area contributed by atoms with Crippen LogP contribution in [0.5, 0.6) is 0 Å². The predicted molar refractivity (Wildman–Crippen MR) is 59.5 cm³/mol. The summed E-state index contributed by atoms with van der Waals surface area (Å²) in [4.78, 5) is 10.5. The average molecular weight is 253 g/mol. The third-order valence-corrected chi connectivity index (χ3v) is 2.20. The molecular formula is C7H16Cl3NO2.